The van der Waals surface area contributed by atoms with E-state index in [2.05, 4.69) is 6.92 Å². The van der Waals surface area contributed by atoms with Crippen LogP contribution < -0.4 is 0 Å². The van der Waals surface area contributed by atoms with Crippen molar-refractivity contribution in [1.82, 2.24) is 0 Å². The molecule has 2 aromatic rings. The summed E-state index contributed by atoms with van der Waals surface area (Å²) in [6, 6.07) is 9.36. The van der Waals surface area contributed by atoms with Crippen molar-refractivity contribution in [2.45, 2.75) is 109 Å². The highest BCUT2D eigenvalue weighted by Gasteiger charge is 2.29. The van der Waals surface area contributed by atoms with E-state index >= 15 is 8.78 Å². The van der Waals surface area contributed by atoms with Crippen molar-refractivity contribution in [2.24, 2.45) is 11.8 Å². The van der Waals surface area contributed by atoms with Crippen molar-refractivity contribution in [3.8, 4) is 0 Å². The molecule has 2 aliphatic rings. The zero-order valence-electron chi connectivity index (χ0n) is 21.0. The topological polar surface area (TPSA) is 0 Å². The van der Waals surface area contributed by atoms with Crippen molar-refractivity contribution in [3.05, 3.63) is 70.0 Å². The molecular weight excluding hydrogens is 429 g/mol. The van der Waals surface area contributed by atoms with Gasteiger partial charge >= 0.3 is 0 Å². The molecule has 0 radical (unpaired) electrons. The first-order valence-corrected chi connectivity index (χ1v) is 13.7. The minimum absolute atomic E-state index is 0.0930. The average molecular weight is 471 g/mol. The molecule has 0 aliphatic heterocycles. The third kappa shape index (κ3) is 5.89. The minimum atomic E-state index is -0.602. The Labute approximate surface area is 204 Å². The highest BCUT2D eigenvalue weighted by molar-refractivity contribution is 5.32. The molecule has 2 aromatic carbocycles. The first-order valence-electron chi connectivity index (χ1n) is 13.7. The Morgan fingerprint density at radius 2 is 1.21 bits per heavy atom. The zero-order chi connectivity index (χ0) is 24.1. The molecule has 0 spiro atoms. The summed E-state index contributed by atoms with van der Waals surface area (Å²) < 4.78 is 44.6. The van der Waals surface area contributed by atoms with Gasteiger partial charge in [-0.2, -0.15) is 0 Å². The van der Waals surface area contributed by atoms with Gasteiger partial charge in [0.05, 0.1) is 0 Å². The molecule has 0 amide bonds. The van der Waals surface area contributed by atoms with Crippen LogP contribution in [0, 0.1) is 29.3 Å². The van der Waals surface area contributed by atoms with Crippen LogP contribution in [0.4, 0.5) is 13.2 Å². The van der Waals surface area contributed by atoms with E-state index in [4.69, 9.17) is 0 Å². The lowest BCUT2D eigenvalue weighted by atomic mass is 9.75. The molecule has 0 bridgehead atoms. The number of halogens is 3. The maximum absolute atomic E-state index is 15.2. The Morgan fingerprint density at radius 3 is 1.68 bits per heavy atom. The van der Waals surface area contributed by atoms with Gasteiger partial charge in [-0.25, -0.2) is 13.2 Å². The van der Waals surface area contributed by atoms with Crippen LogP contribution in [0.1, 0.15) is 119 Å². The predicted molar refractivity (Wildman–Crippen MR) is 135 cm³/mol. The zero-order valence-corrected chi connectivity index (χ0v) is 21.0. The summed E-state index contributed by atoms with van der Waals surface area (Å²) in [4.78, 5) is 0. The fraction of sp³-hybridized carbons (Fsp3) is 0.613. The fourth-order valence-electron chi connectivity index (χ4n) is 6.52. The van der Waals surface area contributed by atoms with Crippen molar-refractivity contribution < 1.29 is 13.2 Å². The molecule has 0 nitrogen and oxygen atoms in total. The van der Waals surface area contributed by atoms with Crippen molar-refractivity contribution in [2.75, 3.05) is 0 Å². The van der Waals surface area contributed by atoms with Crippen LogP contribution in [-0.4, -0.2) is 0 Å². The van der Waals surface area contributed by atoms with Crippen LogP contribution in [0.15, 0.2) is 30.3 Å². The highest BCUT2D eigenvalue weighted by Crippen LogP contribution is 2.42. The molecule has 3 heteroatoms. The molecule has 2 saturated carbocycles. The molecule has 0 saturated heterocycles. The predicted octanol–water partition coefficient (Wildman–Crippen LogP) is 9.65. The second-order valence-electron chi connectivity index (χ2n) is 10.9. The largest absolute Gasteiger partial charge is 0.207 e. The van der Waals surface area contributed by atoms with Gasteiger partial charge in [-0.15, -0.1) is 0 Å². The van der Waals surface area contributed by atoms with E-state index in [1.165, 1.54) is 12.8 Å². The van der Waals surface area contributed by atoms with E-state index in [-0.39, 0.29) is 17.7 Å². The van der Waals surface area contributed by atoms with Gasteiger partial charge in [-0.05, 0) is 123 Å². The first-order chi connectivity index (χ1) is 16.5. The maximum Gasteiger partial charge on any atom is 0.162 e. The molecule has 0 unspecified atom stereocenters. The summed E-state index contributed by atoms with van der Waals surface area (Å²) in [5, 5.41) is 0. The summed E-state index contributed by atoms with van der Waals surface area (Å²) in [7, 11) is 0. The number of benzene rings is 2. The Kier molecular flexibility index (Phi) is 8.77. The van der Waals surface area contributed by atoms with Gasteiger partial charge in [0.1, 0.15) is 5.82 Å². The maximum atomic E-state index is 15.2. The third-order valence-corrected chi connectivity index (χ3v) is 8.76. The molecular formula is C31H41F3. The number of hydrogen-bond donors (Lipinski definition) is 0. The van der Waals surface area contributed by atoms with Gasteiger partial charge in [0.2, 0.25) is 0 Å². The van der Waals surface area contributed by atoms with Gasteiger partial charge in [-0.1, -0.05) is 51.0 Å². The first kappa shape index (κ1) is 25.3. The lowest BCUT2D eigenvalue weighted by Crippen LogP contribution is -2.17. The smallest absolute Gasteiger partial charge is 0.162 e. The van der Waals surface area contributed by atoms with E-state index in [0.717, 1.165) is 87.7 Å². The molecule has 34 heavy (non-hydrogen) atoms. The minimum Gasteiger partial charge on any atom is -0.207 e. The molecule has 0 N–H and O–H groups in total. The monoisotopic (exact) mass is 470 g/mol. The molecule has 4 rings (SSSR count). The van der Waals surface area contributed by atoms with Crippen LogP contribution in [0.25, 0.3) is 0 Å². The van der Waals surface area contributed by atoms with Crippen LogP contribution in [0.5, 0.6) is 0 Å². The molecule has 2 fully saturated rings. The third-order valence-electron chi connectivity index (χ3n) is 8.76. The molecule has 0 heterocycles. The summed E-state index contributed by atoms with van der Waals surface area (Å²) in [5.74, 6) is 0.270. The highest BCUT2D eigenvalue weighted by atomic mass is 19.2. The van der Waals surface area contributed by atoms with Gasteiger partial charge in [0.25, 0.3) is 0 Å². The lowest BCUT2D eigenvalue weighted by Gasteiger charge is -2.31. The second-order valence-corrected chi connectivity index (χ2v) is 10.9. The number of aryl methyl sites for hydroxylation is 2. The SMILES string of the molecule is CCCC1CCC(c2ccc(C3CCC(CCc4ccc(CC)cc4F)CC3)c(F)c2F)CC1. The second kappa shape index (κ2) is 11.8. The van der Waals surface area contributed by atoms with E-state index < -0.39 is 11.6 Å². The Morgan fingerprint density at radius 1 is 0.676 bits per heavy atom. The van der Waals surface area contributed by atoms with Crippen LogP contribution in [0.3, 0.4) is 0 Å². The van der Waals surface area contributed by atoms with Gasteiger partial charge in [0, 0.05) is 0 Å². The van der Waals surface area contributed by atoms with Crippen LogP contribution >= 0.6 is 0 Å². The van der Waals surface area contributed by atoms with Crippen molar-refractivity contribution in [1.29, 1.82) is 0 Å². The number of hydrogen-bond acceptors (Lipinski definition) is 0. The molecule has 186 valence electrons. The molecule has 0 aromatic heterocycles. The average Bonchev–Trinajstić information content (AvgIpc) is 2.86. The summed E-state index contributed by atoms with van der Waals surface area (Å²) in [6.07, 6.45) is 13.0. The van der Waals surface area contributed by atoms with Gasteiger partial charge < -0.3 is 0 Å². The normalized spacial score (nSPS) is 25.4. The Bertz CT molecular complexity index is 934. The van der Waals surface area contributed by atoms with Gasteiger partial charge in [0.15, 0.2) is 11.6 Å². The standard InChI is InChI=1S/C31H41F3/c1-3-5-22-7-12-24(13-8-22)27-18-19-28(31(34)30(27)33)25-14-9-23(10-15-25)11-17-26-16-6-21(4-2)20-29(26)32/h6,16,18-20,22-25H,3-5,7-15,17H2,1-2H3. The van der Waals surface area contributed by atoms with E-state index in [1.54, 1.807) is 6.07 Å². The summed E-state index contributed by atoms with van der Waals surface area (Å²) in [5.41, 5.74) is 3.00. The summed E-state index contributed by atoms with van der Waals surface area (Å²) in [6.45, 7) is 4.26. The Balaban J connectivity index is 1.31. The van der Waals surface area contributed by atoms with E-state index in [9.17, 15) is 4.39 Å². The Hall–Kier alpha value is -1.77. The van der Waals surface area contributed by atoms with Crippen molar-refractivity contribution >= 4 is 0 Å². The van der Waals surface area contributed by atoms with Crippen molar-refractivity contribution in [3.63, 3.8) is 0 Å². The quantitative estimate of drug-likeness (QED) is 0.360. The van der Waals surface area contributed by atoms with Crippen LogP contribution in [-0.2, 0) is 12.8 Å². The van der Waals surface area contributed by atoms with E-state index in [0.29, 0.717) is 17.0 Å². The van der Waals surface area contributed by atoms with Crippen LogP contribution in [0.2, 0.25) is 0 Å². The van der Waals surface area contributed by atoms with E-state index in [1.807, 2.05) is 31.2 Å². The molecule has 0 atom stereocenters. The number of rotatable bonds is 8. The van der Waals surface area contributed by atoms with Gasteiger partial charge in [-0.3, -0.25) is 0 Å². The lowest BCUT2D eigenvalue weighted by molar-refractivity contribution is 0.297. The molecule has 2 aliphatic carbocycles. The fourth-order valence-corrected chi connectivity index (χ4v) is 6.52. The summed E-state index contributed by atoms with van der Waals surface area (Å²) >= 11 is 0.